The number of para-hydroxylation sites is 1. The zero-order valence-corrected chi connectivity index (χ0v) is 16.2. The summed E-state index contributed by atoms with van der Waals surface area (Å²) in [6.45, 7) is 4.18. The van der Waals surface area contributed by atoms with Crippen LogP contribution >= 0.6 is 0 Å². The standard InChI is InChI=1S/C23H25N3O2/c1-28-21-9-7-18(8-10-21)16-22(27)26-14-12-25(13-15-26)17-20-5-2-4-19-6-3-11-24-23(19)20/h2-11H,12-17H2,1H3. The first kappa shape index (κ1) is 18.4. The third-order valence-corrected chi connectivity index (χ3v) is 5.35. The van der Waals surface area contributed by atoms with E-state index in [1.165, 1.54) is 10.9 Å². The van der Waals surface area contributed by atoms with E-state index in [4.69, 9.17) is 4.74 Å². The number of amides is 1. The molecule has 0 atom stereocenters. The summed E-state index contributed by atoms with van der Waals surface area (Å²) < 4.78 is 5.17. The Morgan fingerprint density at radius 3 is 2.50 bits per heavy atom. The van der Waals surface area contributed by atoms with Crippen molar-refractivity contribution in [2.75, 3.05) is 33.3 Å². The molecule has 0 N–H and O–H groups in total. The highest BCUT2D eigenvalue weighted by Gasteiger charge is 2.21. The second-order valence-electron chi connectivity index (χ2n) is 7.17. The highest BCUT2D eigenvalue weighted by atomic mass is 16.5. The maximum Gasteiger partial charge on any atom is 0.227 e. The molecule has 144 valence electrons. The first-order valence-corrected chi connectivity index (χ1v) is 9.68. The highest BCUT2D eigenvalue weighted by Crippen LogP contribution is 2.19. The number of carbonyl (C=O) groups is 1. The van der Waals surface area contributed by atoms with Gasteiger partial charge in [-0.05, 0) is 29.3 Å². The van der Waals surface area contributed by atoms with Gasteiger partial charge in [-0.1, -0.05) is 36.4 Å². The van der Waals surface area contributed by atoms with Crippen molar-refractivity contribution in [2.24, 2.45) is 0 Å². The molecule has 0 spiro atoms. The molecule has 1 fully saturated rings. The zero-order valence-electron chi connectivity index (χ0n) is 16.2. The predicted octanol–water partition coefficient (Wildman–Crippen LogP) is 3.13. The number of nitrogens with zero attached hydrogens (tertiary/aromatic N) is 3. The van der Waals surface area contributed by atoms with Gasteiger partial charge in [0, 0.05) is 44.3 Å². The Morgan fingerprint density at radius 2 is 1.75 bits per heavy atom. The Balaban J connectivity index is 1.33. The second-order valence-corrected chi connectivity index (χ2v) is 7.17. The number of fused-ring (bicyclic) bond motifs is 1. The van der Waals surface area contributed by atoms with Gasteiger partial charge in [-0.15, -0.1) is 0 Å². The third kappa shape index (κ3) is 4.15. The largest absolute Gasteiger partial charge is 0.497 e. The number of hydrogen-bond donors (Lipinski definition) is 0. The van der Waals surface area contributed by atoms with Crippen molar-refractivity contribution in [3.63, 3.8) is 0 Å². The van der Waals surface area contributed by atoms with E-state index >= 15 is 0 Å². The summed E-state index contributed by atoms with van der Waals surface area (Å²) in [5.74, 6) is 1.00. The number of ether oxygens (including phenoxy) is 1. The van der Waals surface area contributed by atoms with E-state index in [0.717, 1.165) is 49.6 Å². The van der Waals surface area contributed by atoms with Crippen LogP contribution in [0.4, 0.5) is 0 Å². The van der Waals surface area contributed by atoms with Crippen LogP contribution in [0, 0.1) is 0 Å². The first-order valence-electron chi connectivity index (χ1n) is 9.68. The van der Waals surface area contributed by atoms with Gasteiger partial charge in [0.05, 0.1) is 19.0 Å². The molecule has 2 aromatic carbocycles. The van der Waals surface area contributed by atoms with E-state index in [1.54, 1.807) is 7.11 Å². The van der Waals surface area contributed by atoms with E-state index in [2.05, 4.69) is 34.1 Å². The summed E-state index contributed by atoms with van der Waals surface area (Å²) in [5, 5.41) is 1.17. The Bertz CT molecular complexity index is 942. The number of benzene rings is 2. The molecule has 0 saturated carbocycles. The summed E-state index contributed by atoms with van der Waals surface area (Å²) in [6, 6.07) is 18.1. The van der Waals surface area contributed by atoms with Gasteiger partial charge in [-0.2, -0.15) is 0 Å². The number of pyridine rings is 1. The van der Waals surface area contributed by atoms with Gasteiger partial charge in [0.25, 0.3) is 0 Å². The third-order valence-electron chi connectivity index (χ3n) is 5.35. The van der Waals surface area contributed by atoms with E-state index in [1.807, 2.05) is 41.4 Å². The van der Waals surface area contributed by atoms with Crippen LogP contribution in [0.15, 0.2) is 60.8 Å². The summed E-state index contributed by atoms with van der Waals surface area (Å²) in [5.41, 5.74) is 3.34. The van der Waals surface area contributed by atoms with Crippen molar-refractivity contribution in [2.45, 2.75) is 13.0 Å². The Labute approximate surface area is 165 Å². The van der Waals surface area contributed by atoms with Gasteiger partial charge in [-0.25, -0.2) is 0 Å². The van der Waals surface area contributed by atoms with Crippen molar-refractivity contribution in [1.29, 1.82) is 0 Å². The molecule has 0 bridgehead atoms. The lowest BCUT2D eigenvalue weighted by Gasteiger charge is -2.35. The summed E-state index contributed by atoms with van der Waals surface area (Å²) >= 11 is 0. The molecule has 28 heavy (non-hydrogen) atoms. The van der Waals surface area contributed by atoms with Crippen LogP contribution in [0.25, 0.3) is 10.9 Å². The van der Waals surface area contributed by atoms with Crippen LogP contribution in [-0.4, -0.2) is 54.0 Å². The fraction of sp³-hybridized carbons (Fsp3) is 0.304. The summed E-state index contributed by atoms with van der Waals surface area (Å²) in [4.78, 5) is 21.6. The summed E-state index contributed by atoms with van der Waals surface area (Å²) in [7, 11) is 1.65. The highest BCUT2D eigenvalue weighted by molar-refractivity contribution is 5.81. The Morgan fingerprint density at radius 1 is 1.00 bits per heavy atom. The predicted molar refractivity (Wildman–Crippen MR) is 110 cm³/mol. The molecule has 1 saturated heterocycles. The quantitative estimate of drug-likeness (QED) is 0.687. The lowest BCUT2D eigenvalue weighted by molar-refractivity contribution is -0.132. The minimum Gasteiger partial charge on any atom is -0.497 e. The molecule has 1 aliphatic heterocycles. The van der Waals surface area contributed by atoms with Crippen molar-refractivity contribution >= 4 is 16.8 Å². The average Bonchev–Trinajstić information content (AvgIpc) is 2.75. The Kier molecular flexibility index (Phi) is 5.53. The number of aromatic nitrogens is 1. The van der Waals surface area contributed by atoms with Crippen molar-refractivity contribution in [1.82, 2.24) is 14.8 Å². The molecule has 4 rings (SSSR count). The fourth-order valence-corrected chi connectivity index (χ4v) is 3.72. The van der Waals surface area contributed by atoms with Crippen LogP contribution in [-0.2, 0) is 17.8 Å². The molecule has 0 radical (unpaired) electrons. The molecular formula is C23H25N3O2. The normalized spacial score (nSPS) is 15.0. The lowest BCUT2D eigenvalue weighted by atomic mass is 10.1. The topological polar surface area (TPSA) is 45.7 Å². The van der Waals surface area contributed by atoms with Gasteiger partial charge >= 0.3 is 0 Å². The molecule has 2 heterocycles. The smallest absolute Gasteiger partial charge is 0.227 e. The van der Waals surface area contributed by atoms with Gasteiger partial charge in [0.15, 0.2) is 0 Å². The minimum absolute atomic E-state index is 0.191. The maximum atomic E-state index is 12.6. The lowest BCUT2D eigenvalue weighted by Crippen LogP contribution is -2.48. The van der Waals surface area contributed by atoms with Crippen LogP contribution in [0.1, 0.15) is 11.1 Å². The fourth-order valence-electron chi connectivity index (χ4n) is 3.72. The van der Waals surface area contributed by atoms with Gasteiger partial charge in [0.1, 0.15) is 5.75 Å². The Hall–Kier alpha value is -2.92. The van der Waals surface area contributed by atoms with Crippen LogP contribution < -0.4 is 4.74 Å². The number of hydrogen-bond acceptors (Lipinski definition) is 4. The van der Waals surface area contributed by atoms with E-state index < -0.39 is 0 Å². The van der Waals surface area contributed by atoms with Crippen molar-refractivity contribution < 1.29 is 9.53 Å². The maximum absolute atomic E-state index is 12.6. The van der Waals surface area contributed by atoms with Crippen LogP contribution in [0.2, 0.25) is 0 Å². The monoisotopic (exact) mass is 375 g/mol. The van der Waals surface area contributed by atoms with Crippen LogP contribution in [0.3, 0.4) is 0 Å². The van der Waals surface area contributed by atoms with Gasteiger partial charge < -0.3 is 9.64 Å². The number of piperazine rings is 1. The van der Waals surface area contributed by atoms with E-state index in [0.29, 0.717) is 6.42 Å². The SMILES string of the molecule is COc1ccc(CC(=O)N2CCN(Cc3cccc4cccnc34)CC2)cc1. The molecule has 1 amide bonds. The van der Waals surface area contributed by atoms with Gasteiger partial charge in [-0.3, -0.25) is 14.7 Å². The molecule has 0 aliphatic carbocycles. The number of rotatable bonds is 5. The molecule has 5 nitrogen and oxygen atoms in total. The second kappa shape index (κ2) is 8.40. The molecule has 1 aliphatic rings. The number of methoxy groups -OCH3 is 1. The minimum atomic E-state index is 0.191. The molecule has 3 aromatic rings. The number of carbonyl (C=O) groups excluding carboxylic acids is 1. The molecular weight excluding hydrogens is 350 g/mol. The van der Waals surface area contributed by atoms with Crippen molar-refractivity contribution in [3.8, 4) is 5.75 Å². The van der Waals surface area contributed by atoms with E-state index in [9.17, 15) is 4.79 Å². The van der Waals surface area contributed by atoms with Crippen molar-refractivity contribution in [3.05, 3.63) is 71.9 Å². The van der Waals surface area contributed by atoms with E-state index in [-0.39, 0.29) is 5.91 Å². The molecule has 5 heteroatoms. The van der Waals surface area contributed by atoms with Gasteiger partial charge in [0.2, 0.25) is 5.91 Å². The summed E-state index contributed by atoms with van der Waals surface area (Å²) in [6.07, 6.45) is 2.29. The molecule has 1 aromatic heterocycles. The average molecular weight is 375 g/mol. The zero-order chi connectivity index (χ0) is 19.3. The first-order chi connectivity index (χ1) is 13.7. The van der Waals surface area contributed by atoms with Crippen LogP contribution in [0.5, 0.6) is 5.75 Å². The molecule has 0 unspecified atom stereocenters.